The van der Waals surface area contributed by atoms with Gasteiger partial charge in [-0.3, -0.25) is 0 Å². The van der Waals surface area contributed by atoms with Crippen LogP contribution in [0.5, 0.6) is 0 Å². The van der Waals surface area contributed by atoms with Gasteiger partial charge in [-0.25, -0.2) is 0 Å². The molecule has 2 aromatic carbocycles. The normalized spacial score (nSPS) is 11.2. The monoisotopic (exact) mass is 271 g/mol. The Balaban J connectivity index is 1.95. The summed E-state index contributed by atoms with van der Waals surface area (Å²) in [4.78, 5) is 6.50. The molecule has 0 spiro atoms. The van der Waals surface area contributed by atoms with E-state index in [0.29, 0.717) is 0 Å². The lowest BCUT2D eigenvalue weighted by molar-refractivity contribution is 1.06. The minimum atomic E-state index is -0.280. The van der Waals surface area contributed by atoms with Crippen LogP contribution >= 0.6 is 0 Å². The highest BCUT2D eigenvalue weighted by Gasteiger charge is 2.20. The maximum atomic E-state index is 9.71. The number of nitriles is 1. The summed E-state index contributed by atoms with van der Waals surface area (Å²) in [5.74, 6) is -0.280. The van der Waals surface area contributed by atoms with Crippen molar-refractivity contribution in [2.75, 3.05) is 0 Å². The highest BCUT2D eigenvalue weighted by atomic mass is 14.7. The van der Waals surface area contributed by atoms with Crippen molar-refractivity contribution >= 4 is 21.8 Å². The number of aromatic nitrogens is 2. The molecule has 0 amide bonds. The van der Waals surface area contributed by atoms with Gasteiger partial charge in [0.15, 0.2) is 0 Å². The first-order valence-electron chi connectivity index (χ1n) is 6.90. The average molecular weight is 271 g/mol. The molecule has 0 fully saturated rings. The van der Waals surface area contributed by atoms with E-state index < -0.39 is 0 Å². The molecule has 0 saturated heterocycles. The number of nitrogens with one attached hydrogen (secondary N) is 2. The maximum Gasteiger partial charge on any atom is 0.100 e. The lowest BCUT2D eigenvalue weighted by Gasteiger charge is -2.07. The number of aromatic amines is 2. The first-order chi connectivity index (χ1) is 10.4. The zero-order valence-electron chi connectivity index (χ0n) is 11.3. The summed E-state index contributed by atoms with van der Waals surface area (Å²) in [6, 6.07) is 18.6. The quantitative estimate of drug-likeness (QED) is 0.561. The van der Waals surface area contributed by atoms with Gasteiger partial charge in [0.05, 0.1) is 6.07 Å². The minimum Gasteiger partial charge on any atom is -0.361 e. The molecule has 0 radical (unpaired) electrons. The van der Waals surface area contributed by atoms with Crippen molar-refractivity contribution in [1.82, 2.24) is 9.97 Å². The fourth-order valence-electron chi connectivity index (χ4n) is 2.97. The Bertz CT molecular complexity index is 895. The van der Waals surface area contributed by atoms with E-state index in [1.807, 2.05) is 48.8 Å². The number of fused-ring (bicyclic) bond motifs is 2. The third kappa shape index (κ3) is 1.73. The molecular formula is C18H13N3. The van der Waals surface area contributed by atoms with Crippen LogP contribution in [0.2, 0.25) is 0 Å². The Morgan fingerprint density at radius 2 is 1.24 bits per heavy atom. The number of para-hydroxylation sites is 2. The molecule has 0 aliphatic heterocycles. The molecule has 0 unspecified atom stereocenters. The minimum absolute atomic E-state index is 0.280. The van der Waals surface area contributed by atoms with Crippen molar-refractivity contribution in [3.8, 4) is 6.07 Å². The van der Waals surface area contributed by atoms with Crippen molar-refractivity contribution in [3.63, 3.8) is 0 Å². The van der Waals surface area contributed by atoms with E-state index >= 15 is 0 Å². The van der Waals surface area contributed by atoms with Crippen LogP contribution in [0.4, 0.5) is 0 Å². The predicted molar refractivity (Wildman–Crippen MR) is 84.1 cm³/mol. The molecule has 0 atom stereocenters. The third-order valence-electron chi connectivity index (χ3n) is 3.99. The summed E-state index contributed by atoms with van der Waals surface area (Å²) in [6.45, 7) is 0. The lowest BCUT2D eigenvalue weighted by atomic mass is 9.92. The Labute approximate surface area is 121 Å². The van der Waals surface area contributed by atoms with Gasteiger partial charge in [-0.05, 0) is 23.3 Å². The number of hydrogen-bond acceptors (Lipinski definition) is 1. The van der Waals surface area contributed by atoms with Crippen molar-refractivity contribution in [3.05, 3.63) is 72.1 Å². The second-order valence-electron chi connectivity index (χ2n) is 5.14. The molecule has 0 bridgehead atoms. The Morgan fingerprint density at radius 1 is 0.762 bits per heavy atom. The Kier molecular flexibility index (Phi) is 2.55. The van der Waals surface area contributed by atoms with E-state index in [9.17, 15) is 5.26 Å². The van der Waals surface area contributed by atoms with Gasteiger partial charge in [0.25, 0.3) is 0 Å². The number of nitrogens with zero attached hydrogens (tertiary/aromatic N) is 1. The molecule has 0 aliphatic carbocycles. The average Bonchev–Trinajstić information content (AvgIpc) is 3.14. The van der Waals surface area contributed by atoms with E-state index in [-0.39, 0.29) is 5.92 Å². The van der Waals surface area contributed by atoms with Crippen molar-refractivity contribution in [2.45, 2.75) is 5.92 Å². The van der Waals surface area contributed by atoms with E-state index in [1.54, 1.807) is 0 Å². The summed E-state index contributed by atoms with van der Waals surface area (Å²) in [5, 5.41) is 11.9. The molecule has 100 valence electrons. The van der Waals surface area contributed by atoms with E-state index in [4.69, 9.17) is 0 Å². The van der Waals surface area contributed by atoms with Gasteiger partial charge in [-0.15, -0.1) is 0 Å². The first-order valence-corrected chi connectivity index (χ1v) is 6.90. The number of hydrogen-bond donors (Lipinski definition) is 2. The summed E-state index contributed by atoms with van der Waals surface area (Å²) < 4.78 is 0. The van der Waals surface area contributed by atoms with Gasteiger partial charge < -0.3 is 9.97 Å². The molecular weight excluding hydrogens is 258 g/mol. The molecule has 21 heavy (non-hydrogen) atoms. The molecule has 4 rings (SSSR count). The van der Waals surface area contributed by atoms with Gasteiger partial charge in [0.1, 0.15) is 5.92 Å². The zero-order valence-corrected chi connectivity index (χ0v) is 11.3. The van der Waals surface area contributed by atoms with Crippen LogP contribution in [0, 0.1) is 11.3 Å². The van der Waals surface area contributed by atoms with Crippen LogP contribution in [-0.4, -0.2) is 9.97 Å². The molecule has 4 aromatic rings. The van der Waals surface area contributed by atoms with Gasteiger partial charge in [0.2, 0.25) is 0 Å². The lowest BCUT2D eigenvalue weighted by Crippen LogP contribution is -1.96. The maximum absolute atomic E-state index is 9.71. The zero-order chi connectivity index (χ0) is 14.2. The van der Waals surface area contributed by atoms with E-state index in [0.717, 1.165) is 32.9 Å². The van der Waals surface area contributed by atoms with Crippen LogP contribution in [0.15, 0.2) is 60.9 Å². The van der Waals surface area contributed by atoms with Gasteiger partial charge in [-0.2, -0.15) is 5.26 Å². The predicted octanol–water partition coefficient (Wildman–Crippen LogP) is 4.30. The molecule has 0 saturated carbocycles. The Hall–Kier alpha value is -2.99. The summed E-state index contributed by atoms with van der Waals surface area (Å²) >= 11 is 0. The molecule has 2 heterocycles. The molecule has 3 nitrogen and oxygen atoms in total. The van der Waals surface area contributed by atoms with Gasteiger partial charge in [0, 0.05) is 34.2 Å². The summed E-state index contributed by atoms with van der Waals surface area (Å²) in [6.07, 6.45) is 3.89. The van der Waals surface area contributed by atoms with Crippen LogP contribution in [0.3, 0.4) is 0 Å². The van der Waals surface area contributed by atoms with Crippen LogP contribution in [0.1, 0.15) is 17.0 Å². The van der Waals surface area contributed by atoms with Crippen LogP contribution in [-0.2, 0) is 0 Å². The second-order valence-corrected chi connectivity index (χ2v) is 5.14. The van der Waals surface area contributed by atoms with E-state index in [1.165, 1.54) is 0 Å². The highest BCUT2D eigenvalue weighted by Crippen LogP contribution is 2.34. The smallest absolute Gasteiger partial charge is 0.100 e. The van der Waals surface area contributed by atoms with Crippen LogP contribution < -0.4 is 0 Å². The summed E-state index contributed by atoms with van der Waals surface area (Å²) in [7, 11) is 0. The topological polar surface area (TPSA) is 55.4 Å². The third-order valence-corrected chi connectivity index (χ3v) is 3.99. The number of benzene rings is 2. The van der Waals surface area contributed by atoms with Crippen LogP contribution in [0.25, 0.3) is 21.8 Å². The Morgan fingerprint density at radius 3 is 1.71 bits per heavy atom. The highest BCUT2D eigenvalue weighted by molar-refractivity contribution is 5.88. The largest absolute Gasteiger partial charge is 0.361 e. The molecule has 0 aliphatic rings. The van der Waals surface area contributed by atoms with Gasteiger partial charge >= 0.3 is 0 Å². The van der Waals surface area contributed by atoms with Crippen molar-refractivity contribution in [2.24, 2.45) is 0 Å². The van der Waals surface area contributed by atoms with E-state index in [2.05, 4.69) is 28.2 Å². The van der Waals surface area contributed by atoms with Gasteiger partial charge in [-0.1, -0.05) is 36.4 Å². The fourth-order valence-corrected chi connectivity index (χ4v) is 2.97. The number of rotatable bonds is 2. The first kappa shape index (κ1) is 11.8. The SMILES string of the molecule is N#CC(c1c[nH]c2ccccc12)c1c[nH]c2ccccc12. The molecule has 2 aromatic heterocycles. The fraction of sp³-hybridized carbons (Fsp3) is 0.0556. The second kappa shape index (κ2) is 4.53. The number of H-pyrrole nitrogens is 2. The summed E-state index contributed by atoms with van der Waals surface area (Å²) in [5.41, 5.74) is 4.18. The van der Waals surface area contributed by atoms with Crippen molar-refractivity contribution in [1.29, 1.82) is 5.26 Å². The molecule has 2 N–H and O–H groups in total. The van der Waals surface area contributed by atoms with Crippen molar-refractivity contribution < 1.29 is 0 Å². The molecule has 3 heteroatoms. The standard InChI is InChI=1S/C18H13N3/c19-9-14(15-10-20-17-7-3-1-5-12(15)17)16-11-21-18-8-4-2-6-13(16)18/h1-8,10-11,14,20-21H.